The van der Waals surface area contributed by atoms with Crippen molar-refractivity contribution in [1.29, 1.82) is 0 Å². The highest BCUT2D eigenvalue weighted by Crippen LogP contribution is 2.15. The molecule has 1 saturated heterocycles. The molecule has 0 saturated carbocycles. The summed E-state index contributed by atoms with van der Waals surface area (Å²) in [5, 5.41) is 3.33. The number of nitrogens with one attached hydrogen (secondary N) is 2. The molecule has 1 unspecified atom stereocenters. The SMILES string of the molecule is COc1ccc(S(=O)(=O)NCCC2CCCNC2)cn1.Cl. The Bertz CT molecular complexity index is 516. The van der Waals surface area contributed by atoms with Crippen molar-refractivity contribution in [3.05, 3.63) is 18.3 Å². The van der Waals surface area contributed by atoms with Crippen molar-refractivity contribution in [2.45, 2.75) is 24.2 Å². The minimum atomic E-state index is -3.47. The van der Waals surface area contributed by atoms with Crippen LogP contribution in [0.5, 0.6) is 5.88 Å². The van der Waals surface area contributed by atoms with Gasteiger partial charge in [0.25, 0.3) is 0 Å². The van der Waals surface area contributed by atoms with Gasteiger partial charge in [-0.2, -0.15) is 0 Å². The Morgan fingerprint density at radius 1 is 1.48 bits per heavy atom. The number of piperidine rings is 1. The first-order valence-corrected chi connectivity index (χ1v) is 8.30. The highest BCUT2D eigenvalue weighted by molar-refractivity contribution is 7.89. The molecule has 1 atom stereocenters. The Hall–Kier alpha value is -0.890. The van der Waals surface area contributed by atoms with Crippen LogP contribution in [0.25, 0.3) is 0 Å². The van der Waals surface area contributed by atoms with E-state index in [2.05, 4.69) is 15.0 Å². The summed E-state index contributed by atoms with van der Waals surface area (Å²) in [6.07, 6.45) is 4.50. The topological polar surface area (TPSA) is 80.3 Å². The zero-order valence-electron chi connectivity index (χ0n) is 12.0. The van der Waals surface area contributed by atoms with E-state index in [1.165, 1.54) is 32.2 Å². The summed E-state index contributed by atoms with van der Waals surface area (Å²) < 4.78 is 31.7. The lowest BCUT2D eigenvalue weighted by Crippen LogP contribution is -2.33. The van der Waals surface area contributed by atoms with Gasteiger partial charge in [0.1, 0.15) is 4.90 Å². The summed E-state index contributed by atoms with van der Waals surface area (Å²) in [6.45, 7) is 2.51. The largest absolute Gasteiger partial charge is 0.481 e. The van der Waals surface area contributed by atoms with E-state index in [-0.39, 0.29) is 17.3 Å². The van der Waals surface area contributed by atoms with Crippen LogP contribution in [0.1, 0.15) is 19.3 Å². The quantitative estimate of drug-likeness (QED) is 0.816. The van der Waals surface area contributed by atoms with Crippen LogP contribution in [0.15, 0.2) is 23.2 Å². The highest BCUT2D eigenvalue weighted by Gasteiger charge is 2.17. The van der Waals surface area contributed by atoms with Crippen LogP contribution in [0.3, 0.4) is 0 Å². The number of aromatic nitrogens is 1. The summed E-state index contributed by atoms with van der Waals surface area (Å²) in [4.78, 5) is 4.08. The first-order valence-electron chi connectivity index (χ1n) is 6.82. The maximum atomic E-state index is 12.1. The fraction of sp³-hybridized carbons (Fsp3) is 0.615. The summed E-state index contributed by atoms with van der Waals surface area (Å²) >= 11 is 0. The van der Waals surface area contributed by atoms with Gasteiger partial charge in [-0.3, -0.25) is 0 Å². The standard InChI is InChI=1S/C13H21N3O3S.ClH/c1-19-13-5-4-12(10-15-13)20(17,18)16-8-6-11-3-2-7-14-9-11;/h4-5,10-11,14,16H,2-3,6-9H2,1H3;1H. The Morgan fingerprint density at radius 2 is 2.29 bits per heavy atom. The zero-order chi connectivity index (χ0) is 14.4. The predicted octanol–water partition coefficient (Wildman–Crippen LogP) is 1.18. The van der Waals surface area contributed by atoms with Gasteiger partial charge in [0.15, 0.2) is 0 Å². The fourth-order valence-corrected chi connectivity index (χ4v) is 3.29. The third kappa shape index (κ3) is 5.43. The molecule has 2 heterocycles. The molecule has 1 aromatic rings. The second-order valence-electron chi connectivity index (χ2n) is 4.94. The fourth-order valence-electron chi connectivity index (χ4n) is 2.30. The minimum absolute atomic E-state index is 0. The van der Waals surface area contributed by atoms with Crippen molar-refractivity contribution in [3.63, 3.8) is 0 Å². The molecule has 120 valence electrons. The van der Waals surface area contributed by atoms with Gasteiger partial charge >= 0.3 is 0 Å². The summed E-state index contributed by atoms with van der Waals surface area (Å²) in [6, 6.07) is 3.04. The molecule has 0 aromatic carbocycles. The summed E-state index contributed by atoms with van der Waals surface area (Å²) in [7, 11) is -1.98. The number of nitrogens with zero attached hydrogens (tertiary/aromatic N) is 1. The number of sulfonamides is 1. The molecular formula is C13H22ClN3O3S. The molecule has 8 heteroatoms. The molecule has 0 bridgehead atoms. The number of rotatable bonds is 6. The number of halogens is 1. The number of methoxy groups -OCH3 is 1. The van der Waals surface area contributed by atoms with Crippen LogP contribution in [0.4, 0.5) is 0 Å². The Kier molecular flexibility index (Phi) is 7.37. The van der Waals surface area contributed by atoms with E-state index in [0.29, 0.717) is 18.3 Å². The molecule has 0 spiro atoms. The normalized spacial score (nSPS) is 18.8. The third-order valence-electron chi connectivity index (χ3n) is 3.47. The van der Waals surface area contributed by atoms with Gasteiger partial charge in [-0.15, -0.1) is 12.4 Å². The molecular weight excluding hydrogens is 314 g/mol. The second-order valence-corrected chi connectivity index (χ2v) is 6.70. The maximum absolute atomic E-state index is 12.1. The van der Waals surface area contributed by atoms with E-state index in [0.717, 1.165) is 19.5 Å². The van der Waals surface area contributed by atoms with Gasteiger partial charge in [-0.05, 0) is 44.3 Å². The van der Waals surface area contributed by atoms with Crippen molar-refractivity contribution < 1.29 is 13.2 Å². The molecule has 2 rings (SSSR count). The van der Waals surface area contributed by atoms with Crippen molar-refractivity contribution in [1.82, 2.24) is 15.0 Å². The molecule has 1 aromatic heterocycles. The van der Waals surface area contributed by atoms with Gasteiger partial charge in [0.2, 0.25) is 15.9 Å². The van der Waals surface area contributed by atoms with E-state index >= 15 is 0 Å². The van der Waals surface area contributed by atoms with Crippen molar-refractivity contribution in [3.8, 4) is 5.88 Å². The van der Waals surface area contributed by atoms with Crippen molar-refractivity contribution >= 4 is 22.4 Å². The van der Waals surface area contributed by atoms with E-state index in [9.17, 15) is 8.42 Å². The lowest BCUT2D eigenvalue weighted by molar-refractivity contribution is 0.358. The maximum Gasteiger partial charge on any atom is 0.242 e. The first-order chi connectivity index (χ1) is 9.62. The molecule has 0 amide bonds. The Balaban J connectivity index is 0.00000220. The number of hydrogen-bond acceptors (Lipinski definition) is 5. The first kappa shape index (κ1) is 18.2. The monoisotopic (exact) mass is 335 g/mol. The summed E-state index contributed by atoms with van der Waals surface area (Å²) in [5.74, 6) is 0.956. The van der Waals surface area contributed by atoms with Gasteiger partial charge < -0.3 is 10.1 Å². The van der Waals surface area contributed by atoms with Crippen LogP contribution in [-0.4, -0.2) is 40.1 Å². The van der Waals surface area contributed by atoms with Crippen LogP contribution in [0.2, 0.25) is 0 Å². The van der Waals surface area contributed by atoms with Crippen LogP contribution in [0, 0.1) is 5.92 Å². The molecule has 0 radical (unpaired) electrons. The van der Waals surface area contributed by atoms with E-state index < -0.39 is 10.0 Å². The zero-order valence-corrected chi connectivity index (χ0v) is 13.7. The van der Waals surface area contributed by atoms with Crippen molar-refractivity contribution in [2.75, 3.05) is 26.7 Å². The predicted molar refractivity (Wildman–Crippen MR) is 83.4 cm³/mol. The lowest BCUT2D eigenvalue weighted by atomic mass is 9.96. The molecule has 21 heavy (non-hydrogen) atoms. The summed E-state index contributed by atoms with van der Waals surface area (Å²) in [5.41, 5.74) is 0. The molecule has 6 nitrogen and oxygen atoms in total. The molecule has 1 fully saturated rings. The number of ether oxygens (including phenoxy) is 1. The molecule has 1 aliphatic heterocycles. The smallest absolute Gasteiger partial charge is 0.242 e. The lowest BCUT2D eigenvalue weighted by Gasteiger charge is -2.22. The third-order valence-corrected chi connectivity index (χ3v) is 4.92. The van der Waals surface area contributed by atoms with Gasteiger partial charge in [0.05, 0.1) is 13.3 Å². The van der Waals surface area contributed by atoms with Gasteiger partial charge in [0, 0.05) is 12.6 Å². The van der Waals surface area contributed by atoms with E-state index in [4.69, 9.17) is 4.74 Å². The van der Waals surface area contributed by atoms with Crippen LogP contribution in [-0.2, 0) is 10.0 Å². The van der Waals surface area contributed by atoms with Gasteiger partial charge in [-0.25, -0.2) is 18.1 Å². The second kappa shape index (κ2) is 8.53. The highest BCUT2D eigenvalue weighted by atomic mass is 35.5. The van der Waals surface area contributed by atoms with E-state index in [1.54, 1.807) is 6.07 Å². The Morgan fingerprint density at radius 3 is 2.86 bits per heavy atom. The molecule has 1 aliphatic rings. The Labute approximate surface area is 132 Å². The van der Waals surface area contributed by atoms with Crippen LogP contribution >= 0.6 is 12.4 Å². The van der Waals surface area contributed by atoms with Gasteiger partial charge in [-0.1, -0.05) is 0 Å². The number of hydrogen-bond donors (Lipinski definition) is 2. The van der Waals surface area contributed by atoms with Crippen molar-refractivity contribution in [2.24, 2.45) is 5.92 Å². The average molecular weight is 336 g/mol. The van der Waals surface area contributed by atoms with E-state index in [1.807, 2.05) is 0 Å². The number of pyridine rings is 1. The minimum Gasteiger partial charge on any atom is -0.481 e. The van der Waals surface area contributed by atoms with Crippen LogP contribution < -0.4 is 14.8 Å². The molecule has 2 N–H and O–H groups in total. The average Bonchev–Trinajstić information content (AvgIpc) is 2.48. The molecule has 0 aliphatic carbocycles.